The number of carbonyl (C=O) groups excluding carboxylic acids is 2. The minimum Gasteiger partial charge on any atom is -0.493 e. The number of hydrogen-bond donors (Lipinski definition) is 1. The van der Waals surface area contributed by atoms with E-state index < -0.39 is 18.0 Å². The molecule has 1 heterocycles. The zero-order chi connectivity index (χ0) is 21.7. The van der Waals surface area contributed by atoms with Crippen molar-refractivity contribution in [1.82, 2.24) is 9.78 Å². The fraction of sp³-hybridized carbons (Fsp3) is 0.227. The summed E-state index contributed by atoms with van der Waals surface area (Å²) in [6.07, 6.45) is 0.531. The number of benzene rings is 2. The largest absolute Gasteiger partial charge is 0.493 e. The van der Waals surface area contributed by atoms with Gasteiger partial charge in [-0.15, -0.1) is 0 Å². The van der Waals surface area contributed by atoms with Gasteiger partial charge in [0, 0.05) is 11.8 Å². The van der Waals surface area contributed by atoms with Crippen LogP contribution in [0.4, 0.5) is 0 Å². The summed E-state index contributed by atoms with van der Waals surface area (Å²) in [5, 5.41) is 4.58. The Morgan fingerprint density at radius 3 is 2.40 bits per heavy atom. The summed E-state index contributed by atoms with van der Waals surface area (Å²) in [7, 11) is 3.07. The third-order valence-corrected chi connectivity index (χ3v) is 4.51. The molecule has 0 saturated carbocycles. The van der Waals surface area contributed by atoms with Crippen LogP contribution in [0.15, 0.2) is 54.7 Å². The molecule has 0 saturated heterocycles. The van der Waals surface area contributed by atoms with E-state index in [0.717, 1.165) is 5.56 Å². The molecule has 0 unspecified atom stereocenters. The Hall–Kier alpha value is -3.81. The molecule has 3 rings (SSSR count). The Morgan fingerprint density at radius 1 is 1.07 bits per heavy atom. The van der Waals surface area contributed by atoms with Crippen LogP contribution < -0.4 is 15.2 Å². The van der Waals surface area contributed by atoms with Gasteiger partial charge in [0.25, 0.3) is 5.91 Å². The van der Waals surface area contributed by atoms with Gasteiger partial charge in [0.15, 0.2) is 17.6 Å². The summed E-state index contributed by atoms with van der Waals surface area (Å²) >= 11 is 0. The topological polar surface area (TPSA) is 106 Å². The van der Waals surface area contributed by atoms with Crippen molar-refractivity contribution < 1.29 is 23.8 Å². The summed E-state index contributed by atoms with van der Waals surface area (Å²) < 4.78 is 17.5. The van der Waals surface area contributed by atoms with Gasteiger partial charge < -0.3 is 19.9 Å². The second kappa shape index (κ2) is 9.13. The molecule has 8 nitrogen and oxygen atoms in total. The van der Waals surface area contributed by atoms with Gasteiger partial charge in [0.1, 0.15) is 11.3 Å². The summed E-state index contributed by atoms with van der Waals surface area (Å²) in [6, 6.07) is 14.9. The molecule has 156 valence electrons. The molecule has 3 aromatic rings. The summed E-state index contributed by atoms with van der Waals surface area (Å²) in [5.74, 6) is -0.369. The average molecular weight is 409 g/mol. The SMILES string of the molecule is COc1ccc(-c2nn(Cc3ccccc3)cc2C(=O)O[C@H](C)C(N)=O)cc1OC. The highest BCUT2D eigenvalue weighted by atomic mass is 16.5. The minimum atomic E-state index is -1.06. The molecule has 1 amide bonds. The Bertz CT molecular complexity index is 1050. The van der Waals surface area contributed by atoms with Gasteiger partial charge in [-0.25, -0.2) is 4.79 Å². The molecule has 2 aromatic carbocycles. The number of esters is 1. The van der Waals surface area contributed by atoms with Gasteiger partial charge in [-0.3, -0.25) is 9.48 Å². The van der Waals surface area contributed by atoms with E-state index in [1.807, 2.05) is 30.3 Å². The van der Waals surface area contributed by atoms with Crippen LogP contribution in [0.5, 0.6) is 11.5 Å². The number of nitrogens with zero attached hydrogens (tertiary/aromatic N) is 2. The molecule has 0 bridgehead atoms. The standard InChI is InChI=1S/C22H23N3O5/c1-14(21(23)26)30-22(27)17-13-25(12-15-7-5-4-6-8-15)24-20(17)16-9-10-18(28-2)19(11-16)29-3/h4-11,13-14H,12H2,1-3H3,(H2,23,26)/t14-/m1/s1. The molecule has 30 heavy (non-hydrogen) atoms. The number of hydrogen-bond acceptors (Lipinski definition) is 6. The average Bonchev–Trinajstić information content (AvgIpc) is 3.17. The van der Waals surface area contributed by atoms with E-state index in [4.69, 9.17) is 19.9 Å². The van der Waals surface area contributed by atoms with Gasteiger partial charge in [-0.1, -0.05) is 30.3 Å². The number of methoxy groups -OCH3 is 2. The van der Waals surface area contributed by atoms with Gasteiger partial charge in [0.2, 0.25) is 0 Å². The van der Waals surface area contributed by atoms with Crippen LogP contribution in [0.3, 0.4) is 0 Å². The zero-order valence-corrected chi connectivity index (χ0v) is 17.0. The highest BCUT2D eigenvalue weighted by Crippen LogP contribution is 2.33. The third-order valence-electron chi connectivity index (χ3n) is 4.51. The molecule has 8 heteroatoms. The molecule has 0 radical (unpaired) electrons. The Balaban J connectivity index is 2.03. The highest BCUT2D eigenvalue weighted by Gasteiger charge is 2.23. The number of amides is 1. The van der Waals surface area contributed by atoms with Crippen LogP contribution >= 0.6 is 0 Å². The number of ether oxygens (including phenoxy) is 3. The molecule has 0 aliphatic rings. The van der Waals surface area contributed by atoms with Gasteiger partial charge >= 0.3 is 5.97 Å². The zero-order valence-electron chi connectivity index (χ0n) is 17.0. The first-order chi connectivity index (χ1) is 14.4. The quantitative estimate of drug-likeness (QED) is 0.574. The molecule has 1 atom stereocenters. The Labute approximate surface area is 174 Å². The molecular weight excluding hydrogens is 386 g/mol. The summed E-state index contributed by atoms with van der Waals surface area (Å²) in [4.78, 5) is 24.1. The van der Waals surface area contributed by atoms with Crippen molar-refractivity contribution in [3.05, 3.63) is 65.9 Å². The van der Waals surface area contributed by atoms with Gasteiger partial charge in [-0.2, -0.15) is 5.10 Å². The number of nitrogens with two attached hydrogens (primary N) is 1. The molecule has 2 N–H and O–H groups in total. The van der Waals surface area contributed by atoms with Crippen LogP contribution in [0.25, 0.3) is 11.3 Å². The van der Waals surface area contributed by atoms with Crippen molar-refractivity contribution in [1.29, 1.82) is 0 Å². The van der Waals surface area contributed by atoms with E-state index >= 15 is 0 Å². The van der Waals surface area contributed by atoms with Crippen molar-refractivity contribution in [3.8, 4) is 22.8 Å². The van der Waals surface area contributed by atoms with Crippen molar-refractivity contribution in [2.45, 2.75) is 19.6 Å². The van der Waals surface area contributed by atoms with E-state index in [-0.39, 0.29) is 5.56 Å². The highest BCUT2D eigenvalue weighted by molar-refractivity contribution is 5.97. The van der Waals surface area contributed by atoms with Crippen molar-refractivity contribution >= 4 is 11.9 Å². The Kier molecular flexibility index (Phi) is 6.36. The first-order valence-electron chi connectivity index (χ1n) is 9.27. The second-order valence-electron chi connectivity index (χ2n) is 6.59. The van der Waals surface area contributed by atoms with Crippen molar-refractivity contribution in [2.24, 2.45) is 5.73 Å². The van der Waals surface area contributed by atoms with E-state index in [1.54, 1.807) is 36.2 Å². The summed E-state index contributed by atoms with van der Waals surface area (Å²) in [6.45, 7) is 1.88. The predicted octanol–water partition coefficient (Wildman–Crippen LogP) is 2.65. The van der Waals surface area contributed by atoms with E-state index in [9.17, 15) is 9.59 Å². The van der Waals surface area contributed by atoms with E-state index in [0.29, 0.717) is 29.3 Å². The van der Waals surface area contributed by atoms with Crippen molar-refractivity contribution in [2.75, 3.05) is 14.2 Å². The van der Waals surface area contributed by atoms with Crippen LogP contribution in [-0.2, 0) is 16.1 Å². The normalized spacial score (nSPS) is 11.6. The van der Waals surface area contributed by atoms with Gasteiger partial charge in [-0.05, 0) is 30.7 Å². The lowest BCUT2D eigenvalue weighted by Gasteiger charge is -2.11. The van der Waals surface area contributed by atoms with E-state index in [1.165, 1.54) is 14.0 Å². The van der Waals surface area contributed by atoms with E-state index in [2.05, 4.69) is 5.10 Å². The first-order valence-corrected chi connectivity index (χ1v) is 9.27. The molecule has 0 aliphatic heterocycles. The summed E-state index contributed by atoms with van der Waals surface area (Å²) in [5.41, 5.74) is 7.49. The smallest absolute Gasteiger partial charge is 0.342 e. The Morgan fingerprint density at radius 2 is 1.77 bits per heavy atom. The monoisotopic (exact) mass is 409 g/mol. The third kappa shape index (κ3) is 4.60. The maximum absolute atomic E-state index is 12.8. The maximum atomic E-state index is 12.8. The predicted molar refractivity (Wildman–Crippen MR) is 110 cm³/mol. The number of primary amides is 1. The minimum absolute atomic E-state index is 0.214. The molecular formula is C22H23N3O5. The maximum Gasteiger partial charge on any atom is 0.342 e. The molecule has 0 fully saturated rings. The lowest BCUT2D eigenvalue weighted by atomic mass is 10.1. The lowest BCUT2D eigenvalue weighted by molar-refractivity contribution is -0.125. The molecule has 1 aromatic heterocycles. The number of aromatic nitrogens is 2. The number of carbonyl (C=O) groups is 2. The fourth-order valence-corrected chi connectivity index (χ4v) is 2.90. The molecule has 0 spiro atoms. The fourth-order valence-electron chi connectivity index (χ4n) is 2.90. The second-order valence-corrected chi connectivity index (χ2v) is 6.59. The van der Waals surface area contributed by atoms with Crippen LogP contribution in [0.1, 0.15) is 22.8 Å². The van der Waals surface area contributed by atoms with Gasteiger partial charge in [0.05, 0.1) is 20.8 Å². The van der Waals surface area contributed by atoms with Crippen LogP contribution in [0, 0.1) is 0 Å². The first kappa shape index (κ1) is 20.9. The van der Waals surface area contributed by atoms with Crippen LogP contribution in [-0.4, -0.2) is 42.0 Å². The molecule has 0 aliphatic carbocycles. The lowest BCUT2D eigenvalue weighted by Crippen LogP contribution is -2.30. The van der Waals surface area contributed by atoms with Crippen LogP contribution in [0.2, 0.25) is 0 Å². The van der Waals surface area contributed by atoms with Crippen molar-refractivity contribution in [3.63, 3.8) is 0 Å². The number of rotatable bonds is 8.